The van der Waals surface area contributed by atoms with Crippen molar-refractivity contribution in [3.05, 3.63) is 24.3 Å². The van der Waals surface area contributed by atoms with Crippen molar-refractivity contribution in [1.82, 2.24) is 5.32 Å². The number of hydrogen-bond acceptors (Lipinski definition) is 3. The number of nitrogens with one attached hydrogen (secondary N) is 2. The van der Waals surface area contributed by atoms with Gasteiger partial charge in [0.2, 0.25) is 5.91 Å². The molecular weight excluding hydrogens is 252 g/mol. The molecule has 1 aliphatic carbocycles. The number of rotatable bonds is 4. The van der Waals surface area contributed by atoms with Crippen LogP contribution in [0, 0.1) is 11.3 Å². The van der Waals surface area contributed by atoms with Gasteiger partial charge in [0.1, 0.15) is 5.75 Å². The van der Waals surface area contributed by atoms with E-state index in [1.165, 1.54) is 0 Å². The van der Waals surface area contributed by atoms with Crippen molar-refractivity contribution in [1.29, 1.82) is 0 Å². The van der Waals surface area contributed by atoms with E-state index < -0.39 is 0 Å². The average Bonchev–Trinajstić information content (AvgIpc) is 3.15. The van der Waals surface area contributed by atoms with Gasteiger partial charge in [-0.25, -0.2) is 0 Å². The molecule has 2 fully saturated rings. The van der Waals surface area contributed by atoms with Gasteiger partial charge in [0.05, 0.1) is 12.3 Å². The van der Waals surface area contributed by atoms with E-state index in [4.69, 9.17) is 4.74 Å². The van der Waals surface area contributed by atoms with E-state index in [9.17, 15) is 4.79 Å². The summed E-state index contributed by atoms with van der Waals surface area (Å²) in [6.07, 6.45) is 3.29. The highest BCUT2D eigenvalue weighted by atomic mass is 16.5. The number of hydrogen-bond donors (Lipinski definition) is 2. The van der Waals surface area contributed by atoms with E-state index in [1.54, 1.807) is 0 Å². The lowest BCUT2D eigenvalue weighted by Crippen LogP contribution is -2.31. The molecule has 1 unspecified atom stereocenters. The third kappa shape index (κ3) is 2.52. The molecule has 0 bridgehead atoms. The minimum absolute atomic E-state index is 0.152. The highest BCUT2D eigenvalue weighted by molar-refractivity contribution is 5.96. The number of carbonyl (C=O) groups is 1. The van der Waals surface area contributed by atoms with Crippen LogP contribution in [0.2, 0.25) is 0 Å². The summed E-state index contributed by atoms with van der Waals surface area (Å²) in [6, 6.07) is 7.64. The fourth-order valence-corrected chi connectivity index (χ4v) is 3.27. The van der Waals surface area contributed by atoms with Crippen LogP contribution in [0.5, 0.6) is 5.75 Å². The second kappa shape index (κ2) is 5.44. The Bertz CT molecular complexity index is 495. The molecule has 3 rings (SSSR count). The van der Waals surface area contributed by atoms with Crippen LogP contribution < -0.4 is 15.4 Å². The summed E-state index contributed by atoms with van der Waals surface area (Å²) in [7, 11) is 0. The zero-order valence-electron chi connectivity index (χ0n) is 11.9. The molecule has 1 atom stereocenters. The fraction of sp³-hybridized carbons (Fsp3) is 0.562. The number of ether oxygens (including phenoxy) is 1. The van der Waals surface area contributed by atoms with Crippen molar-refractivity contribution in [3.8, 4) is 5.75 Å². The zero-order valence-corrected chi connectivity index (χ0v) is 11.9. The van der Waals surface area contributed by atoms with Crippen LogP contribution in [0.3, 0.4) is 0 Å². The summed E-state index contributed by atoms with van der Waals surface area (Å²) in [5, 5.41) is 6.41. The van der Waals surface area contributed by atoms with Crippen LogP contribution in [0.25, 0.3) is 0 Å². The molecule has 4 nitrogen and oxygen atoms in total. The van der Waals surface area contributed by atoms with Crippen LogP contribution >= 0.6 is 0 Å². The van der Waals surface area contributed by atoms with Crippen molar-refractivity contribution in [2.75, 3.05) is 25.0 Å². The van der Waals surface area contributed by atoms with E-state index in [2.05, 4.69) is 10.6 Å². The Kier molecular flexibility index (Phi) is 3.66. The standard InChI is InChI=1S/C16H22N2O2/c1-2-20-14-6-4-3-5-13(14)18-15(19)12-11-16(12)7-9-17-10-8-16/h3-6,12,17H,2,7-11H2,1H3,(H,18,19). The largest absolute Gasteiger partial charge is 0.492 e. The molecule has 4 heteroatoms. The summed E-state index contributed by atoms with van der Waals surface area (Å²) in [6.45, 7) is 4.63. The SMILES string of the molecule is CCOc1ccccc1NC(=O)C1CC12CCNCC2. The van der Waals surface area contributed by atoms with Gasteiger partial charge in [-0.2, -0.15) is 0 Å². The predicted molar refractivity (Wildman–Crippen MR) is 78.9 cm³/mol. The number of para-hydroxylation sites is 2. The maximum atomic E-state index is 12.4. The second-order valence-electron chi connectivity index (χ2n) is 5.79. The van der Waals surface area contributed by atoms with Crippen molar-refractivity contribution in [3.63, 3.8) is 0 Å². The molecule has 2 N–H and O–H groups in total. The molecule has 0 radical (unpaired) electrons. The van der Waals surface area contributed by atoms with Gasteiger partial charge in [0.15, 0.2) is 0 Å². The van der Waals surface area contributed by atoms with Crippen molar-refractivity contribution in [2.45, 2.75) is 26.2 Å². The lowest BCUT2D eigenvalue weighted by molar-refractivity contribution is -0.118. The predicted octanol–water partition coefficient (Wildman–Crippen LogP) is 2.41. The van der Waals surface area contributed by atoms with Crippen LogP contribution in [0.15, 0.2) is 24.3 Å². The molecule has 1 saturated carbocycles. The Morgan fingerprint density at radius 2 is 2.15 bits per heavy atom. The van der Waals surface area contributed by atoms with Crippen LogP contribution in [-0.2, 0) is 4.79 Å². The quantitative estimate of drug-likeness (QED) is 0.886. The molecule has 2 aliphatic rings. The Labute approximate surface area is 119 Å². The minimum atomic E-state index is 0.152. The first-order valence-electron chi connectivity index (χ1n) is 7.48. The van der Waals surface area contributed by atoms with Gasteiger partial charge in [-0.05, 0) is 56.8 Å². The van der Waals surface area contributed by atoms with E-state index >= 15 is 0 Å². The normalized spacial score (nSPS) is 23.4. The van der Waals surface area contributed by atoms with Gasteiger partial charge >= 0.3 is 0 Å². The topological polar surface area (TPSA) is 50.4 Å². The molecule has 1 spiro atoms. The Morgan fingerprint density at radius 1 is 1.40 bits per heavy atom. The maximum absolute atomic E-state index is 12.4. The molecule has 20 heavy (non-hydrogen) atoms. The zero-order chi connectivity index (χ0) is 14.0. The number of amides is 1. The summed E-state index contributed by atoms with van der Waals surface area (Å²) in [4.78, 5) is 12.4. The Hall–Kier alpha value is -1.55. The van der Waals surface area contributed by atoms with Gasteiger partial charge < -0.3 is 15.4 Å². The number of piperidine rings is 1. The number of carbonyl (C=O) groups excluding carboxylic acids is 1. The van der Waals surface area contributed by atoms with Gasteiger partial charge in [0.25, 0.3) is 0 Å². The van der Waals surface area contributed by atoms with E-state index in [1.807, 2.05) is 31.2 Å². The fourth-order valence-electron chi connectivity index (χ4n) is 3.27. The summed E-state index contributed by atoms with van der Waals surface area (Å²) < 4.78 is 5.55. The van der Waals surface area contributed by atoms with Crippen molar-refractivity contribution in [2.24, 2.45) is 11.3 Å². The lowest BCUT2D eigenvalue weighted by Gasteiger charge is -2.23. The highest BCUT2D eigenvalue weighted by Crippen LogP contribution is 2.58. The summed E-state index contributed by atoms with van der Waals surface area (Å²) >= 11 is 0. The third-order valence-electron chi connectivity index (χ3n) is 4.55. The molecule has 1 aromatic rings. The summed E-state index contributed by atoms with van der Waals surface area (Å²) in [5.74, 6) is 1.08. The first-order chi connectivity index (χ1) is 9.75. The molecule has 1 aliphatic heterocycles. The Balaban J connectivity index is 1.65. The second-order valence-corrected chi connectivity index (χ2v) is 5.79. The molecule has 1 aromatic carbocycles. The van der Waals surface area contributed by atoms with Gasteiger partial charge in [0, 0.05) is 5.92 Å². The van der Waals surface area contributed by atoms with Crippen LogP contribution in [0.1, 0.15) is 26.2 Å². The first kappa shape index (κ1) is 13.4. The minimum Gasteiger partial charge on any atom is -0.492 e. The van der Waals surface area contributed by atoms with E-state index in [-0.39, 0.29) is 17.2 Å². The molecule has 108 valence electrons. The Morgan fingerprint density at radius 3 is 2.90 bits per heavy atom. The monoisotopic (exact) mass is 274 g/mol. The molecule has 0 aromatic heterocycles. The summed E-state index contributed by atoms with van der Waals surface area (Å²) in [5.41, 5.74) is 1.06. The van der Waals surface area contributed by atoms with Crippen LogP contribution in [0.4, 0.5) is 5.69 Å². The third-order valence-corrected chi connectivity index (χ3v) is 4.55. The maximum Gasteiger partial charge on any atom is 0.228 e. The van der Waals surface area contributed by atoms with Gasteiger partial charge in [-0.3, -0.25) is 4.79 Å². The average molecular weight is 274 g/mol. The van der Waals surface area contributed by atoms with Crippen molar-refractivity contribution < 1.29 is 9.53 Å². The molecule has 1 amide bonds. The first-order valence-corrected chi connectivity index (χ1v) is 7.48. The van der Waals surface area contributed by atoms with E-state index in [0.29, 0.717) is 6.61 Å². The van der Waals surface area contributed by atoms with Gasteiger partial charge in [-0.15, -0.1) is 0 Å². The number of anilines is 1. The smallest absolute Gasteiger partial charge is 0.228 e. The van der Waals surface area contributed by atoms with Gasteiger partial charge in [-0.1, -0.05) is 12.1 Å². The lowest BCUT2D eigenvalue weighted by atomic mass is 9.92. The van der Waals surface area contributed by atoms with E-state index in [0.717, 1.165) is 43.8 Å². The molecular formula is C16H22N2O2. The molecule has 1 heterocycles. The highest BCUT2D eigenvalue weighted by Gasteiger charge is 2.57. The van der Waals surface area contributed by atoms with Crippen molar-refractivity contribution >= 4 is 11.6 Å². The van der Waals surface area contributed by atoms with Crippen LogP contribution in [-0.4, -0.2) is 25.6 Å². The number of benzene rings is 1. The molecule has 1 saturated heterocycles.